The maximum Gasteiger partial charge on any atom is 0.516 e. The summed E-state index contributed by atoms with van der Waals surface area (Å²) in [5, 5.41) is 0. The van der Waals surface area contributed by atoms with Gasteiger partial charge >= 0.3 is 6.16 Å². The first-order valence-corrected chi connectivity index (χ1v) is 8.13. The maximum absolute atomic E-state index is 10.9. The van der Waals surface area contributed by atoms with Crippen LogP contribution in [0.2, 0.25) is 25.7 Å². The molecule has 0 saturated heterocycles. The lowest BCUT2D eigenvalue weighted by Gasteiger charge is -2.14. The molecule has 5 heteroatoms. The summed E-state index contributed by atoms with van der Waals surface area (Å²) in [5.74, 6) is -0.0528. The topological polar surface area (TPSA) is 44.8 Å². The van der Waals surface area contributed by atoms with E-state index in [0.717, 1.165) is 6.04 Å². The van der Waals surface area contributed by atoms with E-state index in [0.29, 0.717) is 6.61 Å². The smallest absolute Gasteiger partial charge is 0.469 e. The highest BCUT2D eigenvalue weighted by Crippen LogP contribution is 2.08. The quantitative estimate of drug-likeness (QED) is 0.404. The fourth-order valence-electron chi connectivity index (χ4n) is 0.605. The van der Waals surface area contributed by atoms with Crippen molar-refractivity contribution in [3.8, 4) is 0 Å². The third-order valence-electron chi connectivity index (χ3n) is 1.50. The maximum atomic E-state index is 10.9. The number of hydrogen-bond donors (Lipinski definition) is 0. The van der Waals surface area contributed by atoms with Gasteiger partial charge in [0.05, 0.1) is 13.7 Å². The van der Waals surface area contributed by atoms with Crippen molar-refractivity contribution in [2.45, 2.75) is 25.7 Å². The minimum absolute atomic E-state index is 0.0528. The van der Waals surface area contributed by atoms with Gasteiger partial charge in [0.25, 0.3) is 5.95 Å². The molecule has 82 valence electrons. The predicted molar refractivity (Wildman–Crippen MR) is 56.7 cm³/mol. The molecule has 0 fully saturated rings. The Balaban J connectivity index is 3.60. The third kappa shape index (κ3) is 7.66. The summed E-state index contributed by atoms with van der Waals surface area (Å²) in [6.45, 7) is 10.3. The number of carbonyl (C=O) groups excluding carboxylic acids is 1. The summed E-state index contributed by atoms with van der Waals surface area (Å²) >= 11 is 0. The fourth-order valence-corrected chi connectivity index (χ4v) is 1.32. The van der Waals surface area contributed by atoms with Crippen molar-refractivity contribution < 1.29 is 19.0 Å². The molecule has 0 aromatic rings. The molecular formula is C9H18O4Si. The number of hydrogen-bond acceptors (Lipinski definition) is 4. The van der Waals surface area contributed by atoms with E-state index in [1.165, 1.54) is 7.11 Å². The van der Waals surface area contributed by atoms with Crippen molar-refractivity contribution in [2.24, 2.45) is 0 Å². The first kappa shape index (κ1) is 13.0. The van der Waals surface area contributed by atoms with Crippen LogP contribution >= 0.6 is 0 Å². The van der Waals surface area contributed by atoms with Crippen LogP contribution in [0.15, 0.2) is 12.5 Å². The first-order chi connectivity index (χ1) is 6.35. The molecule has 0 aromatic heterocycles. The molecule has 0 aromatic carbocycles. The average Bonchev–Trinajstić information content (AvgIpc) is 2.01. The minimum Gasteiger partial charge on any atom is -0.469 e. The molecule has 4 nitrogen and oxygen atoms in total. The molecule has 0 aliphatic heterocycles. The highest BCUT2D eigenvalue weighted by Gasteiger charge is 2.14. The summed E-state index contributed by atoms with van der Waals surface area (Å²) < 4.78 is 13.9. The summed E-state index contributed by atoms with van der Waals surface area (Å²) in [5.41, 5.74) is 0. The summed E-state index contributed by atoms with van der Waals surface area (Å²) in [6.07, 6.45) is -0.755. The van der Waals surface area contributed by atoms with E-state index in [1.54, 1.807) is 0 Å². The number of methoxy groups -OCH3 is 1. The molecule has 0 rings (SSSR count). The van der Waals surface area contributed by atoms with E-state index < -0.39 is 14.2 Å². The van der Waals surface area contributed by atoms with Crippen LogP contribution in [0, 0.1) is 0 Å². The van der Waals surface area contributed by atoms with E-state index in [2.05, 4.69) is 35.7 Å². The lowest BCUT2D eigenvalue weighted by molar-refractivity contribution is 0.0363. The number of ether oxygens (including phenoxy) is 3. The van der Waals surface area contributed by atoms with Crippen molar-refractivity contribution >= 4 is 14.2 Å². The Morgan fingerprint density at radius 2 is 1.93 bits per heavy atom. The third-order valence-corrected chi connectivity index (χ3v) is 3.20. The van der Waals surface area contributed by atoms with Gasteiger partial charge in [-0.3, -0.25) is 0 Å². The molecule has 0 N–H and O–H groups in total. The second-order valence-electron chi connectivity index (χ2n) is 4.09. The van der Waals surface area contributed by atoms with Crippen LogP contribution in [0.5, 0.6) is 0 Å². The molecule has 0 bridgehead atoms. The predicted octanol–water partition coefficient (Wildman–Crippen LogP) is 2.60. The van der Waals surface area contributed by atoms with Gasteiger partial charge in [0.1, 0.15) is 0 Å². The van der Waals surface area contributed by atoms with Gasteiger partial charge in [-0.1, -0.05) is 19.6 Å². The number of carbonyl (C=O) groups is 1. The second kappa shape index (κ2) is 5.69. The van der Waals surface area contributed by atoms with E-state index in [-0.39, 0.29) is 5.95 Å². The van der Waals surface area contributed by atoms with E-state index >= 15 is 0 Å². The van der Waals surface area contributed by atoms with Crippen LogP contribution in [-0.2, 0) is 14.2 Å². The molecule has 0 aliphatic carbocycles. The van der Waals surface area contributed by atoms with Crippen molar-refractivity contribution in [3.63, 3.8) is 0 Å². The van der Waals surface area contributed by atoms with Crippen LogP contribution in [0.25, 0.3) is 0 Å². The average molecular weight is 218 g/mol. The van der Waals surface area contributed by atoms with Gasteiger partial charge < -0.3 is 14.2 Å². The largest absolute Gasteiger partial charge is 0.516 e. The lowest BCUT2D eigenvalue weighted by Crippen LogP contribution is -2.22. The van der Waals surface area contributed by atoms with E-state index in [9.17, 15) is 4.79 Å². The Morgan fingerprint density at radius 1 is 1.36 bits per heavy atom. The fraction of sp³-hybridized carbons (Fsp3) is 0.667. The summed E-state index contributed by atoms with van der Waals surface area (Å²) in [7, 11) is 0.214. The highest BCUT2D eigenvalue weighted by molar-refractivity contribution is 6.76. The molecule has 0 amide bonds. The Morgan fingerprint density at radius 3 is 2.36 bits per heavy atom. The molecular weight excluding hydrogens is 200 g/mol. The Bertz CT molecular complexity index is 207. The zero-order valence-electron chi connectivity index (χ0n) is 9.25. The van der Waals surface area contributed by atoms with Gasteiger partial charge in [-0.15, -0.1) is 0 Å². The molecule has 0 unspecified atom stereocenters. The Kier molecular flexibility index (Phi) is 5.30. The molecule has 0 aliphatic rings. The standard InChI is InChI=1S/C9H18O4Si/c1-8(11-2)13-9(10)12-6-7-14(3,4)5/h1,6-7H2,2-5H3. The van der Waals surface area contributed by atoms with Crippen molar-refractivity contribution in [2.75, 3.05) is 13.7 Å². The van der Waals surface area contributed by atoms with Crippen molar-refractivity contribution in [1.29, 1.82) is 0 Å². The van der Waals surface area contributed by atoms with E-state index in [1.807, 2.05) is 0 Å². The van der Waals surface area contributed by atoms with Crippen molar-refractivity contribution in [3.05, 3.63) is 12.5 Å². The van der Waals surface area contributed by atoms with Crippen LogP contribution in [0.3, 0.4) is 0 Å². The van der Waals surface area contributed by atoms with Crippen LogP contribution in [0.1, 0.15) is 0 Å². The first-order valence-electron chi connectivity index (χ1n) is 4.42. The molecule has 0 heterocycles. The SMILES string of the molecule is C=C(OC)OC(=O)OCC[Si](C)(C)C. The molecule has 0 radical (unpaired) electrons. The van der Waals surface area contributed by atoms with Crippen LogP contribution in [0.4, 0.5) is 4.79 Å². The zero-order chi connectivity index (χ0) is 11.2. The van der Waals surface area contributed by atoms with Crippen LogP contribution < -0.4 is 0 Å². The molecule has 14 heavy (non-hydrogen) atoms. The Labute approximate surface area is 85.9 Å². The monoisotopic (exact) mass is 218 g/mol. The summed E-state index contributed by atoms with van der Waals surface area (Å²) in [4.78, 5) is 10.9. The van der Waals surface area contributed by atoms with Crippen LogP contribution in [-0.4, -0.2) is 27.9 Å². The van der Waals surface area contributed by atoms with Gasteiger partial charge in [0.15, 0.2) is 0 Å². The molecule has 0 spiro atoms. The van der Waals surface area contributed by atoms with Gasteiger partial charge in [-0.2, -0.15) is 0 Å². The summed E-state index contributed by atoms with van der Waals surface area (Å²) in [6, 6.07) is 0.918. The minimum atomic E-state index is -1.16. The van der Waals surface area contributed by atoms with Gasteiger partial charge in [0, 0.05) is 8.07 Å². The van der Waals surface area contributed by atoms with Crippen molar-refractivity contribution in [1.82, 2.24) is 0 Å². The van der Waals surface area contributed by atoms with Gasteiger partial charge in [-0.05, 0) is 12.6 Å². The zero-order valence-corrected chi connectivity index (χ0v) is 10.3. The van der Waals surface area contributed by atoms with E-state index in [4.69, 9.17) is 4.74 Å². The Hall–Kier alpha value is -0.973. The second-order valence-corrected chi connectivity index (χ2v) is 9.71. The van der Waals surface area contributed by atoms with Gasteiger partial charge in [0.2, 0.25) is 0 Å². The number of rotatable bonds is 5. The lowest BCUT2D eigenvalue weighted by atomic mass is 10.8. The highest BCUT2D eigenvalue weighted by atomic mass is 28.3. The van der Waals surface area contributed by atoms with Gasteiger partial charge in [-0.25, -0.2) is 4.79 Å². The molecule has 0 atom stereocenters. The molecule has 0 saturated carbocycles. The normalized spacial score (nSPS) is 10.6.